The van der Waals surface area contributed by atoms with Crippen LogP contribution < -0.4 is 5.73 Å². The molecule has 9 heteroatoms. The van der Waals surface area contributed by atoms with Gasteiger partial charge in [-0.2, -0.15) is 18.4 Å². The Morgan fingerprint density at radius 2 is 2.00 bits per heavy atom. The Morgan fingerprint density at radius 1 is 1.38 bits per heavy atom. The quantitative estimate of drug-likeness (QED) is 0.672. The molecule has 24 heavy (non-hydrogen) atoms. The highest BCUT2D eigenvalue weighted by atomic mass is 19.4. The molecule has 0 bridgehead atoms. The van der Waals surface area contributed by atoms with Crippen LogP contribution in [-0.2, 0) is 10.9 Å². The molecule has 0 saturated heterocycles. The molecule has 0 aliphatic carbocycles. The van der Waals surface area contributed by atoms with Gasteiger partial charge in [-0.1, -0.05) is 0 Å². The lowest BCUT2D eigenvalue weighted by atomic mass is 10.0. The zero-order chi connectivity index (χ0) is 18.2. The van der Waals surface area contributed by atoms with Crippen LogP contribution in [0.1, 0.15) is 27.2 Å². The lowest BCUT2D eigenvalue weighted by molar-refractivity contribution is -0.138. The van der Waals surface area contributed by atoms with E-state index in [1.54, 1.807) is 6.07 Å². The van der Waals surface area contributed by atoms with Crippen molar-refractivity contribution in [1.82, 2.24) is 4.57 Å². The van der Waals surface area contributed by atoms with Gasteiger partial charge in [0, 0.05) is 6.20 Å². The van der Waals surface area contributed by atoms with Crippen molar-refractivity contribution in [1.29, 1.82) is 5.26 Å². The first-order valence-corrected chi connectivity index (χ1v) is 6.49. The van der Waals surface area contributed by atoms with Gasteiger partial charge in [-0.3, -0.25) is 0 Å². The van der Waals surface area contributed by atoms with Crippen molar-refractivity contribution in [2.75, 3.05) is 12.8 Å². The predicted octanol–water partition coefficient (Wildman–Crippen LogP) is 3.18. The van der Waals surface area contributed by atoms with E-state index >= 15 is 0 Å². The highest BCUT2D eigenvalue weighted by molar-refractivity contribution is 5.96. The lowest BCUT2D eigenvalue weighted by Crippen LogP contribution is -2.17. The molecule has 0 atom stereocenters. The maximum Gasteiger partial charge on any atom is 0.418 e. The molecule has 1 aromatic carbocycles. The molecule has 0 aliphatic rings. The van der Waals surface area contributed by atoms with Crippen molar-refractivity contribution in [3.8, 4) is 11.8 Å². The van der Waals surface area contributed by atoms with E-state index in [1.807, 2.05) is 0 Å². The monoisotopic (exact) mass is 341 g/mol. The molecule has 126 valence electrons. The highest BCUT2D eigenvalue weighted by Crippen LogP contribution is 2.38. The van der Waals surface area contributed by atoms with Gasteiger partial charge >= 0.3 is 12.1 Å². The number of carbonyl (C=O) groups excluding carboxylic acids is 1. The number of methoxy groups -OCH3 is 1. The van der Waals surface area contributed by atoms with Gasteiger partial charge in [0.15, 0.2) is 5.69 Å². The maximum absolute atomic E-state index is 13.6. The fourth-order valence-electron chi connectivity index (χ4n) is 2.34. The number of nitrogens with two attached hydrogens (primary N) is 1. The first-order valence-electron chi connectivity index (χ1n) is 6.49. The van der Waals surface area contributed by atoms with Gasteiger partial charge in [0.25, 0.3) is 0 Å². The normalized spacial score (nSPS) is 11.2. The number of rotatable bonds is 2. The van der Waals surface area contributed by atoms with Crippen molar-refractivity contribution < 1.29 is 27.1 Å². The highest BCUT2D eigenvalue weighted by Gasteiger charge is 2.38. The van der Waals surface area contributed by atoms with Crippen LogP contribution in [0.5, 0.6) is 0 Å². The van der Waals surface area contributed by atoms with Gasteiger partial charge in [0.05, 0.1) is 29.6 Å². The molecule has 0 amide bonds. The molecule has 0 saturated carbocycles. The maximum atomic E-state index is 13.6. The summed E-state index contributed by atoms with van der Waals surface area (Å²) in [5.41, 5.74) is 2.25. The predicted molar refractivity (Wildman–Crippen MR) is 75.9 cm³/mol. The van der Waals surface area contributed by atoms with Gasteiger partial charge in [-0.05, 0) is 24.6 Å². The Balaban J connectivity index is 2.91. The molecule has 0 fully saturated rings. The van der Waals surface area contributed by atoms with Gasteiger partial charge < -0.3 is 15.0 Å². The van der Waals surface area contributed by atoms with Crippen LogP contribution in [0.2, 0.25) is 0 Å². The molecule has 0 unspecified atom stereocenters. The second-order valence-corrected chi connectivity index (χ2v) is 4.84. The van der Waals surface area contributed by atoms with E-state index in [2.05, 4.69) is 4.74 Å². The number of hydrogen-bond acceptors (Lipinski definition) is 4. The van der Waals surface area contributed by atoms with E-state index in [9.17, 15) is 22.4 Å². The summed E-state index contributed by atoms with van der Waals surface area (Å²) in [5.74, 6) is -2.07. The summed E-state index contributed by atoms with van der Waals surface area (Å²) in [7, 11) is 1.02. The lowest BCUT2D eigenvalue weighted by Gasteiger charge is -2.18. The van der Waals surface area contributed by atoms with E-state index in [1.165, 1.54) is 0 Å². The third-order valence-corrected chi connectivity index (χ3v) is 3.46. The third kappa shape index (κ3) is 2.67. The molecule has 0 radical (unpaired) electrons. The Labute approximate surface area is 133 Å². The number of carbonyl (C=O) groups is 1. The number of ether oxygens (including phenoxy) is 1. The number of nitrogens with zero attached hydrogens (tertiary/aromatic N) is 2. The Bertz CT molecular complexity index is 863. The number of nitriles is 1. The minimum atomic E-state index is -4.89. The molecular weight excluding hydrogens is 330 g/mol. The number of benzene rings is 1. The summed E-state index contributed by atoms with van der Waals surface area (Å²) in [6.45, 7) is 0.970. The number of halogens is 4. The molecule has 0 aliphatic heterocycles. The molecule has 1 heterocycles. The van der Waals surface area contributed by atoms with Crippen molar-refractivity contribution in [2.45, 2.75) is 13.1 Å². The average molecular weight is 341 g/mol. The summed E-state index contributed by atoms with van der Waals surface area (Å²) in [4.78, 5) is 11.9. The van der Waals surface area contributed by atoms with Crippen LogP contribution in [0.3, 0.4) is 0 Å². The first-order chi connectivity index (χ1) is 11.1. The molecule has 2 N–H and O–H groups in total. The molecular formula is C15H11F4N3O2. The smallest absolute Gasteiger partial charge is 0.418 e. The van der Waals surface area contributed by atoms with Crippen LogP contribution in [-0.4, -0.2) is 17.6 Å². The standard InChI is InChI=1S/C15H11F4N3O2/c1-7-9(16)3-4-10(11(7)15(17,18)19)22-6-8(5-20)12(21)13(22)14(23)24-2/h3-4,6H,21H2,1-2H3. The summed E-state index contributed by atoms with van der Waals surface area (Å²) < 4.78 is 59.1. The summed E-state index contributed by atoms with van der Waals surface area (Å²) >= 11 is 0. The van der Waals surface area contributed by atoms with E-state index in [-0.39, 0.29) is 11.3 Å². The summed E-state index contributed by atoms with van der Waals surface area (Å²) in [6, 6.07) is 3.38. The summed E-state index contributed by atoms with van der Waals surface area (Å²) in [6.07, 6.45) is -3.91. The first kappa shape index (κ1) is 17.3. The van der Waals surface area contributed by atoms with Crippen LogP contribution in [0.15, 0.2) is 18.3 Å². The fraction of sp³-hybridized carbons (Fsp3) is 0.200. The van der Waals surface area contributed by atoms with Crippen molar-refractivity contribution >= 4 is 11.7 Å². The van der Waals surface area contributed by atoms with Gasteiger partial charge in [-0.15, -0.1) is 0 Å². The van der Waals surface area contributed by atoms with Crippen molar-refractivity contribution in [3.05, 3.63) is 46.5 Å². The van der Waals surface area contributed by atoms with Crippen molar-refractivity contribution in [2.24, 2.45) is 0 Å². The number of esters is 1. The van der Waals surface area contributed by atoms with Crippen molar-refractivity contribution in [3.63, 3.8) is 0 Å². The van der Waals surface area contributed by atoms with E-state index in [0.29, 0.717) is 0 Å². The van der Waals surface area contributed by atoms with Gasteiger partial charge in [0.1, 0.15) is 11.9 Å². The number of nitrogen functional groups attached to an aromatic ring is 1. The second kappa shape index (κ2) is 5.88. The van der Waals surface area contributed by atoms with Crippen LogP contribution >= 0.6 is 0 Å². The molecule has 1 aromatic heterocycles. The third-order valence-electron chi connectivity index (χ3n) is 3.46. The molecule has 0 spiro atoms. The van der Waals surface area contributed by atoms with E-state index in [4.69, 9.17) is 11.0 Å². The molecule has 2 aromatic rings. The zero-order valence-corrected chi connectivity index (χ0v) is 12.5. The topological polar surface area (TPSA) is 81.0 Å². The van der Waals surface area contributed by atoms with Crippen LogP contribution in [0.4, 0.5) is 23.2 Å². The molecule has 2 rings (SSSR count). The Hall–Kier alpha value is -3.02. The number of alkyl halides is 3. The molecule has 5 nitrogen and oxygen atoms in total. The number of aromatic nitrogens is 1. The minimum Gasteiger partial charge on any atom is -0.464 e. The van der Waals surface area contributed by atoms with Crippen LogP contribution in [0.25, 0.3) is 5.69 Å². The zero-order valence-electron chi connectivity index (χ0n) is 12.5. The van der Waals surface area contributed by atoms with Gasteiger partial charge in [-0.25, -0.2) is 9.18 Å². The fourth-order valence-corrected chi connectivity index (χ4v) is 2.34. The summed E-state index contributed by atoms with van der Waals surface area (Å²) in [5, 5.41) is 9.01. The number of anilines is 1. The number of hydrogen-bond donors (Lipinski definition) is 1. The van der Waals surface area contributed by atoms with E-state index < -0.39 is 40.5 Å². The van der Waals surface area contributed by atoms with E-state index in [0.717, 1.165) is 36.9 Å². The SMILES string of the molecule is COC(=O)c1c(N)c(C#N)cn1-c1ccc(F)c(C)c1C(F)(F)F. The Kier molecular flexibility index (Phi) is 4.25. The van der Waals surface area contributed by atoms with Gasteiger partial charge in [0.2, 0.25) is 0 Å². The van der Waals surface area contributed by atoms with Crippen LogP contribution in [0, 0.1) is 24.1 Å². The minimum absolute atomic E-state index is 0.203. The Morgan fingerprint density at radius 3 is 2.50 bits per heavy atom. The largest absolute Gasteiger partial charge is 0.464 e. The average Bonchev–Trinajstić information content (AvgIpc) is 2.84. The second-order valence-electron chi connectivity index (χ2n) is 4.84.